The van der Waals surface area contributed by atoms with Crippen molar-refractivity contribution in [2.45, 2.75) is 31.9 Å². The number of hydrogen-bond acceptors (Lipinski definition) is 2. The maximum absolute atomic E-state index is 11.7. The minimum absolute atomic E-state index is 0.286. The lowest BCUT2D eigenvalue weighted by Gasteiger charge is -2.21. The predicted octanol–water partition coefficient (Wildman–Crippen LogP) is 3.70. The van der Waals surface area contributed by atoms with E-state index in [-0.39, 0.29) is 6.23 Å². The Morgan fingerprint density at radius 2 is 1.77 bits per heavy atom. The third kappa shape index (κ3) is 3.06. The molecule has 0 radical (unpaired) electrons. The van der Waals surface area contributed by atoms with Crippen LogP contribution in [0.15, 0.2) is 54.6 Å². The third-order valence-corrected chi connectivity index (χ3v) is 3.92. The first-order valence-corrected chi connectivity index (χ1v) is 7.64. The van der Waals surface area contributed by atoms with E-state index in [2.05, 4.69) is 24.3 Å². The average molecular weight is 296 g/mol. The molecule has 2 amide bonds. The smallest absolute Gasteiger partial charge is 0.322 e. The molecule has 0 bridgehead atoms. The van der Waals surface area contributed by atoms with Crippen LogP contribution in [-0.2, 0) is 6.42 Å². The summed E-state index contributed by atoms with van der Waals surface area (Å²) in [5.41, 5.74) is 7.61. The lowest BCUT2D eigenvalue weighted by Crippen LogP contribution is -2.43. The minimum atomic E-state index is -0.460. The Morgan fingerprint density at radius 1 is 1.05 bits per heavy atom. The van der Waals surface area contributed by atoms with Gasteiger partial charge in [-0.1, -0.05) is 42.5 Å². The van der Waals surface area contributed by atoms with E-state index in [1.165, 1.54) is 5.56 Å². The number of aryl methyl sites for hydroxylation is 1. The van der Waals surface area contributed by atoms with E-state index in [4.69, 9.17) is 10.5 Å². The van der Waals surface area contributed by atoms with Crippen LogP contribution in [0.2, 0.25) is 0 Å². The molecule has 0 fully saturated rings. The second-order valence-electron chi connectivity index (χ2n) is 5.48. The number of para-hydroxylation sites is 2. The Balaban J connectivity index is 1.56. The Bertz CT molecular complexity index is 643. The van der Waals surface area contributed by atoms with E-state index in [9.17, 15) is 4.79 Å². The van der Waals surface area contributed by atoms with Crippen LogP contribution in [0, 0.1) is 0 Å². The molecule has 1 heterocycles. The lowest BCUT2D eigenvalue weighted by molar-refractivity contribution is 0.201. The summed E-state index contributed by atoms with van der Waals surface area (Å²) in [7, 11) is 0. The molecule has 3 rings (SSSR count). The highest BCUT2D eigenvalue weighted by Crippen LogP contribution is 2.37. The number of carbonyl (C=O) groups excluding carboxylic acids is 1. The van der Waals surface area contributed by atoms with E-state index >= 15 is 0 Å². The van der Waals surface area contributed by atoms with E-state index in [1.807, 2.05) is 30.3 Å². The first-order chi connectivity index (χ1) is 10.8. The number of fused-ring (bicyclic) bond motifs is 1. The predicted molar refractivity (Wildman–Crippen MR) is 86.9 cm³/mol. The van der Waals surface area contributed by atoms with Crippen LogP contribution in [-0.4, -0.2) is 12.3 Å². The summed E-state index contributed by atoms with van der Waals surface area (Å²) in [4.78, 5) is 13.3. The maximum atomic E-state index is 11.7. The molecule has 2 N–H and O–H groups in total. The van der Waals surface area contributed by atoms with Gasteiger partial charge >= 0.3 is 6.03 Å². The Kier molecular flexibility index (Phi) is 4.28. The summed E-state index contributed by atoms with van der Waals surface area (Å²) >= 11 is 0. The highest BCUT2D eigenvalue weighted by Gasteiger charge is 2.33. The largest absolute Gasteiger partial charge is 0.468 e. The van der Waals surface area contributed by atoms with Gasteiger partial charge in [0.1, 0.15) is 5.75 Å². The first-order valence-electron chi connectivity index (χ1n) is 7.64. The van der Waals surface area contributed by atoms with Gasteiger partial charge in [0.05, 0.1) is 5.69 Å². The summed E-state index contributed by atoms with van der Waals surface area (Å²) < 4.78 is 5.86. The number of hydrogen-bond donors (Lipinski definition) is 1. The molecule has 1 atom stereocenters. The number of benzene rings is 2. The zero-order chi connectivity index (χ0) is 15.4. The Morgan fingerprint density at radius 3 is 2.55 bits per heavy atom. The van der Waals surface area contributed by atoms with Crippen LogP contribution in [0.3, 0.4) is 0 Å². The number of rotatable bonds is 5. The van der Waals surface area contributed by atoms with Gasteiger partial charge in [0.2, 0.25) is 0 Å². The molecule has 114 valence electrons. The van der Waals surface area contributed by atoms with Crippen molar-refractivity contribution in [1.82, 2.24) is 0 Å². The highest BCUT2D eigenvalue weighted by atomic mass is 16.5. The molecule has 4 nitrogen and oxygen atoms in total. The van der Waals surface area contributed by atoms with Crippen LogP contribution >= 0.6 is 0 Å². The molecule has 22 heavy (non-hydrogen) atoms. The number of nitrogens with two attached hydrogens (primary N) is 1. The number of primary amides is 1. The van der Waals surface area contributed by atoms with Crippen LogP contribution in [0.5, 0.6) is 5.75 Å². The molecule has 0 aliphatic carbocycles. The molecule has 0 aromatic heterocycles. The summed E-state index contributed by atoms with van der Waals surface area (Å²) in [6, 6.07) is 17.5. The summed E-state index contributed by atoms with van der Waals surface area (Å²) in [5.74, 6) is 0.731. The number of urea groups is 1. The monoisotopic (exact) mass is 296 g/mol. The van der Waals surface area contributed by atoms with Crippen LogP contribution < -0.4 is 15.4 Å². The second-order valence-corrected chi connectivity index (χ2v) is 5.48. The van der Waals surface area contributed by atoms with Crippen LogP contribution in [0.4, 0.5) is 10.5 Å². The van der Waals surface area contributed by atoms with Gasteiger partial charge in [-0.05, 0) is 37.0 Å². The molecule has 2 aromatic rings. The van der Waals surface area contributed by atoms with Crippen molar-refractivity contribution < 1.29 is 9.53 Å². The molecular weight excluding hydrogens is 276 g/mol. The molecule has 2 aromatic carbocycles. The topological polar surface area (TPSA) is 55.6 Å². The number of unbranched alkanes of at least 4 members (excludes halogenated alkanes) is 1. The SMILES string of the molecule is NC(=O)N1c2ccccc2OC1CCCCc1ccccc1. The van der Waals surface area contributed by atoms with Gasteiger partial charge in [-0.2, -0.15) is 0 Å². The van der Waals surface area contributed by atoms with Gasteiger partial charge in [-0.3, -0.25) is 4.90 Å². The Hall–Kier alpha value is -2.49. The van der Waals surface area contributed by atoms with Gasteiger partial charge in [0, 0.05) is 6.42 Å². The van der Waals surface area contributed by atoms with Gasteiger partial charge in [-0.25, -0.2) is 4.79 Å². The quantitative estimate of drug-likeness (QED) is 0.855. The fourth-order valence-corrected chi connectivity index (χ4v) is 2.85. The van der Waals surface area contributed by atoms with Crippen LogP contribution in [0.1, 0.15) is 24.8 Å². The molecule has 1 aliphatic heterocycles. The second kappa shape index (κ2) is 6.52. The van der Waals surface area contributed by atoms with Gasteiger partial charge in [0.25, 0.3) is 0 Å². The fraction of sp³-hybridized carbons (Fsp3) is 0.278. The average Bonchev–Trinajstić information content (AvgIpc) is 2.91. The molecule has 1 unspecified atom stereocenters. The van der Waals surface area contributed by atoms with E-state index in [0.29, 0.717) is 0 Å². The molecule has 4 heteroatoms. The van der Waals surface area contributed by atoms with E-state index in [1.54, 1.807) is 4.90 Å². The van der Waals surface area contributed by atoms with Crippen molar-refractivity contribution >= 4 is 11.7 Å². The molecule has 1 aliphatic rings. The van der Waals surface area contributed by atoms with Gasteiger partial charge in [0.15, 0.2) is 6.23 Å². The van der Waals surface area contributed by atoms with Crippen molar-refractivity contribution in [3.63, 3.8) is 0 Å². The number of anilines is 1. The summed E-state index contributed by atoms with van der Waals surface area (Å²) in [6.45, 7) is 0. The van der Waals surface area contributed by atoms with Crippen molar-refractivity contribution in [2.75, 3.05) is 4.90 Å². The Labute approximate surface area is 130 Å². The fourth-order valence-electron chi connectivity index (χ4n) is 2.85. The van der Waals surface area contributed by atoms with Crippen molar-refractivity contribution in [3.8, 4) is 5.75 Å². The number of nitrogens with zero attached hydrogens (tertiary/aromatic N) is 1. The zero-order valence-corrected chi connectivity index (χ0v) is 12.4. The van der Waals surface area contributed by atoms with Crippen molar-refractivity contribution in [2.24, 2.45) is 5.73 Å². The number of amides is 2. The van der Waals surface area contributed by atoms with Gasteiger partial charge in [-0.15, -0.1) is 0 Å². The standard InChI is InChI=1S/C18H20N2O2/c19-18(21)20-15-11-5-6-12-16(15)22-17(20)13-7-4-10-14-8-2-1-3-9-14/h1-3,5-6,8-9,11-12,17H,4,7,10,13H2,(H2,19,21). The molecule has 0 saturated carbocycles. The lowest BCUT2D eigenvalue weighted by atomic mass is 10.1. The van der Waals surface area contributed by atoms with E-state index in [0.717, 1.165) is 37.1 Å². The highest BCUT2D eigenvalue weighted by molar-refractivity contribution is 5.94. The molecule has 0 spiro atoms. The third-order valence-electron chi connectivity index (χ3n) is 3.92. The van der Waals surface area contributed by atoms with Crippen LogP contribution in [0.25, 0.3) is 0 Å². The normalized spacial score (nSPS) is 16.2. The van der Waals surface area contributed by atoms with E-state index < -0.39 is 6.03 Å². The molecule has 0 saturated heterocycles. The first kappa shape index (κ1) is 14.4. The summed E-state index contributed by atoms with van der Waals surface area (Å²) in [5, 5.41) is 0. The summed E-state index contributed by atoms with van der Waals surface area (Å²) in [6.07, 6.45) is 3.58. The number of ether oxygens (including phenoxy) is 1. The zero-order valence-electron chi connectivity index (χ0n) is 12.4. The molecular formula is C18H20N2O2. The van der Waals surface area contributed by atoms with Gasteiger partial charge < -0.3 is 10.5 Å². The minimum Gasteiger partial charge on any atom is -0.468 e. The van der Waals surface area contributed by atoms with Crippen molar-refractivity contribution in [1.29, 1.82) is 0 Å². The van der Waals surface area contributed by atoms with Crippen molar-refractivity contribution in [3.05, 3.63) is 60.2 Å². The number of carbonyl (C=O) groups is 1. The maximum Gasteiger partial charge on any atom is 0.322 e.